The Morgan fingerprint density at radius 2 is 1.87 bits per heavy atom. The molecule has 23 heavy (non-hydrogen) atoms. The summed E-state index contributed by atoms with van der Waals surface area (Å²) in [6.07, 6.45) is 4.21. The zero-order chi connectivity index (χ0) is 16.7. The van der Waals surface area contributed by atoms with Gasteiger partial charge in [-0.05, 0) is 69.3 Å². The van der Waals surface area contributed by atoms with E-state index in [-0.39, 0.29) is 12.0 Å². The van der Waals surface area contributed by atoms with E-state index < -0.39 is 0 Å². The largest absolute Gasteiger partial charge is 0.497 e. The van der Waals surface area contributed by atoms with E-state index in [1.54, 1.807) is 7.11 Å². The van der Waals surface area contributed by atoms with Gasteiger partial charge in [-0.3, -0.25) is 9.69 Å². The van der Waals surface area contributed by atoms with E-state index in [0.717, 1.165) is 44.5 Å². The zero-order valence-corrected chi connectivity index (χ0v) is 14.6. The van der Waals surface area contributed by atoms with E-state index in [2.05, 4.69) is 24.0 Å². The number of esters is 1. The predicted octanol–water partition coefficient (Wildman–Crippen LogP) is 3.29. The minimum absolute atomic E-state index is 0.0661. The highest BCUT2D eigenvalue weighted by Crippen LogP contribution is 2.25. The molecule has 4 nitrogen and oxygen atoms in total. The number of carbonyl (C=O) groups is 1. The molecule has 0 radical (unpaired) electrons. The van der Waals surface area contributed by atoms with Crippen LogP contribution in [0.3, 0.4) is 0 Å². The number of methoxy groups -OCH3 is 1. The van der Waals surface area contributed by atoms with Crippen molar-refractivity contribution in [1.82, 2.24) is 4.90 Å². The summed E-state index contributed by atoms with van der Waals surface area (Å²) < 4.78 is 10.4. The Morgan fingerprint density at radius 3 is 2.39 bits per heavy atom. The lowest BCUT2D eigenvalue weighted by Crippen LogP contribution is -2.46. The lowest BCUT2D eigenvalue weighted by Gasteiger charge is -2.36. The van der Waals surface area contributed by atoms with Crippen molar-refractivity contribution in [2.24, 2.45) is 5.92 Å². The number of piperidine rings is 1. The van der Waals surface area contributed by atoms with Crippen LogP contribution in [0.25, 0.3) is 0 Å². The monoisotopic (exact) mass is 319 g/mol. The minimum Gasteiger partial charge on any atom is -0.497 e. The van der Waals surface area contributed by atoms with Crippen LogP contribution in [0.2, 0.25) is 0 Å². The fourth-order valence-corrected chi connectivity index (χ4v) is 3.38. The second-order valence-corrected chi connectivity index (χ2v) is 6.21. The van der Waals surface area contributed by atoms with Gasteiger partial charge in [0.2, 0.25) is 0 Å². The first kappa shape index (κ1) is 17.8. The van der Waals surface area contributed by atoms with Gasteiger partial charge in [0.15, 0.2) is 0 Å². The van der Waals surface area contributed by atoms with Gasteiger partial charge < -0.3 is 9.47 Å². The van der Waals surface area contributed by atoms with Gasteiger partial charge in [0.1, 0.15) is 11.8 Å². The first-order valence-electron chi connectivity index (χ1n) is 8.71. The molecule has 0 spiro atoms. The van der Waals surface area contributed by atoms with Gasteiger partial charge in [0, 0.05) is 0 Å². The van der Waals surface area contributed by atoms with Crippen LogP contribution in [0.1, 0.15) is 38.7 Å². The van der Waals surface area contributed by atoms with Crippen molar-refractivity contribution in [2.45, 2.75) is 45.6 Å². The molecule has 0 aliphatic carbocycles. The van der Waals surface area contributed by atoms with Crippen molar-refractivity contribution >= 4 is 5.97 Å². The number of hydrogen-bond donors (Lipinski definition) is 0. The maximum absolute atomic E-state index is 12.0. The van der Waals surface area contributed by atoms with E-state index >= 15 is 0 Å². The first-order chi connectivity index (χ1) is 11.2. The Bertz CT molecular complexity index is 478. The van der Waals surface area contributed by atoms with Crippen molar-refractivity contribution in [3.8, 4) is 5.75 Å². The molecule has 1 aromatic carbocycles. The number of hydrogen-bond acceptors (Lipinski definition) is 4. The Kier molecular flexibility index (Phi) is 6.90. The summed E-state index contributed by atoms with van der Waals surface area (Å²) >= 11 is 0. The molecule has 1 heterocycles. The molecular weight excluding hydrogens is 290 g/mol. The molecule has 4 heteroatoms. The first-order valence-corrected chi connectivity index (χ1v) is 8.71. The molecular formula is C19H29NO3. The third-order valence-electron chi connectivity index (χ3n) is 4.72. The number of carbonyl (C=O) groups excluding carboxylic acids is 1. The smallest absolute Gasteiger partial charge is 0.323 e. The molecule has 0 aromatic heterocycles. The van der Waals surface area contributed by atoms with Crippen molar-refractivity contribution in [3.63, 3.8) is 0 Å². The quantitative estimate of drug-likeness (QED) is 0.723. The average molecular weight is 319 g/mol. The standard InChI is InChI=1S/C19H29NO3/c1-4-18(19(21)23-5-2)20-12-10-16(11-13-20)14-15-6-8-17(22-3)9-7-15/h6-9,16,18H,4-5,10-14H2,1-3H3. The number of rotatable bonds is 7. The number of ether oxygens (including phenoxy) is 2. The SMILES string of the molecule is CCOC(=O)C(CC)N1CCC(Cc2ccc(OC)cc2)CC1. The molecule has 1 aliphatic heterocycles. The predicted molar refractivity (Wildman–Crippen MR) is 91.7 cm³/mol. The number of likely N-dealkylation sites (tertiary alicyclic amines) is 1. The van der Waals surface area contributed by atoms with Crippen LogP contribution in [0.4, 0.5) is 0 Å². The summed E-state index contributed by atoms with van der Waals surface area (Å²) in [7, 11) is 1.69. The molecule has 0 amide bonds. The van der Waals surface area contributed by atoms with Crippen molar-refractivity contribution in [1.29, 1.82) is 0 Å². The van der Waals surface area contributed by atoms with Gasteiger partial charge in [-0.25, -0.2) is 0 Å². The summed E-state index contributed by atoms with van der Waals surface area (Å²) in [4.78, 5) is 14.3. The number of nitrogens with zero attached hydrogens (tertiary/aromatic N) is 1. The molecule has 1 unspecified atom stereocenters. The molecule has 1 saturated heterocycles. The lowest BCUT2D eigenvalue weighted by atomic mass is 9.89. The molecule has 0 saturated carbocycles. The van der Waals surface area contributed by atoms with Crippen LogP contribution >= 0.6 is 0 Å². The fraction of sp³-hybridized carbons (Fsp3) is 0.632. The average Bonchev–Trinajstić information content (AvgIpc) is 2.58. The summed E-state index contributed by atoms with van der Waals surface area (Å²) in [5.74, 6) is 1.53. The van der Waals surface area contributed by atoms with E-state index in [4.69, 9.17) is 9.47 Å². The molecule has 1 aromatic rings. The van der Waals surface area contributed by atoms with Crippen LogP contribution in [0, 0.1) is 5.92 Å². The Balaban J connectivity index is 1.83. The fourth-order valence-electron chi connectivity index (χ4n) is 3.38. The van der Waals surface area contributed by atoms with Crippen LogP contribution in [-0.2, 0) is 16.0 Å². The lowest BCUT2D eigenvalue weighted by molar-refractivity contribution is -0.150. The van der Waals surface area contributed by atoms with E-state index in [1.807, 2.05) is 19.1 Å². The van der Waals surface area contributed by atoms with E-state index in [0.29, 0.717) is 12.5 Å². The van der Waals surface area contributed by atoms with Crippen LogP contribution in [0.15, 0.2) is 24.3 Å². The van der Waals surface area contributed by atoms with Gasteiger partial charge in [-0.2, -0.15) is 0 Å². The molecule has 1 atom stereocenters. The molecule has 0 N–H and O–H groups in total. The minimum atomic E-state index is -0.0723. The molecule has 1 fully saturated rings. The Labute approximate surface area is 139 Å². The maximum Gasteiger partial charge on any atom is 0.323 e. The topological polar surface area (TPSA) is 38.8 Å². The van der Waals surface area contributed by atoms with E-state index in [9.17, 15) is 4.79 Å². The van der Waals surface area contributed by atoms with Crippen molar-refractivity contribution < 1.29 is 14.3 Å². The van der Waals surface area contributed by atoms with E-state index in [1.165, 1.54) is 5.56 Å². The maximum atomic E-state index is 12.0. The summed E-state index contributed by atoms with van der Waals surface area (Å²) in [5, 5.41) is 0. The zero-order valence-electron chi connectivity index (χ0n) is 14.6. The van der Waals surface area contributed by atoms with Gasteiger partial charge in [-0.15, -0.1) is 0 Å². The van der Waals surface area contributed by atoms with Crippen molar-refractivity contribution in [3.05, 3.63) is 29.8 Å². The van der Waals surface area contributed by atoms with Crippen molar-refractivity contribution in [2.75, 3.05) is 26.8 Å². The summed E-state index contributed by atoms with van der Waals surface area (Å²) in [6, 6.07) is 8.28. The normalized spacial score (nSPS) is 17.7. The van der Waals surface area contributed by atoms with Crippen LogP contribution in [-0.4, -0.2) is 43.7 Å². The highest BCUT2D eigenvalue weighted by Gasteiger charge is 2.29. The van der Waals surface area contributed by atoms with Gasteiger partial charge in [0.05, 0.1) is 13.7 Å². The second-order valence-electron chi connectivity index (χ2n) is 6.21. The number of benzene rings is 1. The third-order valence-corrected chi connectivity index (χ3v) is 4.72. The molecule has 2 rings (SSSR count). The van der Waals surface area contributed by atoms with Gasteiger partial charge in [-0.1, -0.05) is 19.1 Å². The summed E-state index contributed by atoms with van der Waals surface area (Å²) in [6.45, 7) is 6.36. The molecule has 128 valence electrons. The van der Waals surface area contributed by atoms with Gasteiger partial charge in [0.25, 0.3) is 0 Å². The molecule has 0 bridgehead atoms. The second kappa shape index (κ2) is 8.92. The third kappa shape index (κ3) is 4.96. The highest BCUT2D eigenvalue weighted by molar-refractivity contribution is 5.75. The summed E-state index contributed by atoms with van der Waals surface area (Å²) in [5.41, 5.74) is 1.36. The van der Waals surface area contributed by atoms with Crippen LogP contribution in [0.5, 0.6) is 5.75 Å². The Hall–Kier alpha value is -1.55. The van der Waals surface area contributed by atoms with Gasteiger partial charge >= 0.3 is 5.97 Å². The highest BCUT2D eigenvalue weighted by atomic mass is 16.5. The molecule has 1 aliphatic rings. The Morgan fingerprint density at radius 1 is 1.22 bits per heavy atom. The van der Waals surface area contributed by atoms with Crippen LogP contribution < -0.4 is 4.74 Å².